The minimum Gasteiger partial charge on any atom is -0.369 e. The Labute approximate surface area is 275 Å². The quantitative estimate of drug-likeness (QED) is 0.276. The highest BCUT2D eigenvalue weighted by Gasteiger charge is 2.18. The van der Waals surface area contributed by atoms with Crippen LogP contribution >= 0.6 is 0 Å². The van der Waals surface area contributed by atoms with Gasteiger partial charge in [-0.3, -0.25) is 24.0 Å². The minimum atomic E-state index is -0.806. The van der Waals surface area contributed by atoms with E-state index >= 15 is 0 Å². The molecule has 1 heterocycles. The lowest BCUT2D eigenvalue weighted by atomic mass is 10.1. The number of amides is 4. The molecule has 2 aromatic rings. The second-order valence-corrected chi connectivity index (χ2v) is 11.7. The topological polar surface area (TPSA) is 140 Å². The first-order valence-corrected chi connectivity index (χ1v) is 15.9. The Morgan fingerprint density at radius 2 is 1.43 bits per heavy atom. The van der Waals surface area contributed by atoms with Crippen molar-refractivity contribution < 1.29 is 24.0 Å². The molecule has 11 heteroatoms. The molecular formula is C35H56N6O5. The van der Waals surface area contributed by atoms with Crippen molar-refractivity contribution >= 4 is 35.6 Å². The van der Waals surface area contributed by atoms with Gasteiger partial charge in [0.15, 0.2) is 0 Å². The fourth-order valence-electron chi connectivity index (χ4n) is 3.65. The van der Waals surface area contributed by atoms with E-state index in [-0.39, 0.29) is 24.8 Å². The number of carbonyl (C=O) groups is 5. The van der Waals surface area contributed by atoms with Crippen molar-refractivity contribution in [3.63, 3.8) is 0 Å². The van der Waals surface area contributed by atoms with Gasteiger partial charge in [0.25, 0.3) is 5.91 Å². The fourth-order valence-corrected chi connectivity index (χ4v) is 3.65. The molecule has 1 aliphatic rings. The maximum Gasteiger partial charge on any atom is 0.251 e. The maximum absolute atomic E-state index is 12.4. The highest BCUT2D eigenvalue weighted by molar-refractivity contribution is 5.98. The van der Waals surface area contributed by atoms with Gasteiger partial charge in [0, 0.05) is 44.0 Å². The lowest BCUT2D eigenvalue weighted by molar-refractivity contribution is -0.129. The third-order valence-electron chi connectivity index (χ3n) is 5.90. The van der Waals surface area contributed by atoms with Gasteiger partial charge in [-0.15, -0.1) is 0 Å². The van der Waals surface area contributed by atoms with Crippen LogP contribution in [0.3, 0.4) is 0 Å². The Bertz CT molecular complexity index is 1160. The summed E-state index contributed by atoms with van der Waals surface area (Å²) in [6.07, 6.45) is 1.95. The van der Waals surface area contributed by atoms with Crippen LogP contribution in [0.2, 0.25) is 0 Å². The summed E-state index contributed by atoms with van der Waals surface area (Å²) < 4.78 is 0. The monoisotopic (exact) mass is 640 g/mol. The molecule has 0 saturated carbocycles. The molecule has 46 heavy (non-hydrogen) atoms. The van der Waals surface area contributed by atoms with E-state index in [2.05, 4.69) is 72.7 Å². The molecule has 0 bridgehead atoms. The van der Waals surface area contributed by atoms with Crippen LogP contribution in [0, 0.1) is 5.92 Å². The lowest BCUT2D eigenvalue weighted by Crippen LogP contribution is -2.48. The Morgan fingerprint density at radius 1 is 0.848 bits per heavy atom. The number of rotatable bonds is 11. The Hall–Kier alpha value is -4.25. The maximum atomic E-state index is 12.4. The van der Waals surface area contributed by atoms with E-state index in [0.29, 0.717) is 18.5 Å². The van der Waals surface area contributed by atoms with E-state index in [1.165, 1.54) is 20.3 Å². The number of benzene rings is 2. The van der Waals surface area contributed by atoms with Gasteiger partial charge < -0.3 is 31.1 Å². The summed E-state index contributed by atoms with van der Waals surface area (Å²) >= 11 is 0. The van der Waals surface area contributed by atoms with Gasteiger partial charge >= 0.3 is 0 Å². The molecule has 1 fully saturated rings. The van der Waals surface area contributed by atoms with Gasteiger partial charge in [0.2, 0.25) is 18.2 Å². The molecule has 4 N–H and O–H groups in total. The lowest BCUT2D eigenvalue weighted by Gasteiger charge is -2.34. The molecule has 256 valence electrons. The minimum absolute atomic E-state index is 0.0839. The van der Waals surface area contributed by atoms with Crippen molar-refractivity contribution in [2.45, 2.75) is 67.5 Å². The van der Waals surface area contributed by atoms with Crippen LogP contribution in [-0.2, 0) is 25.7 Å². The van der Waals surface area contributed by atoms with E-state index in [9.17, 15) is 24.0 Å². The van der Waals surface area contributed by atoms with Crippen molar-refractivity contribution in [2.24, 2.45) is 5.92 Å². The Morgan fingerprint density at radius 3 is 1.98 bits per heavy atom. The first-order valence-electron chi connectivity index (χ1n) is 15.9. The van der Waals surface area contributed by atoms with Gasteiger partial charge in [0.1, 0.15) is 11.8 Å². The SMILES string of the molecule is CC(=O)CNC(=O)[C@H](C)NC(=O)CNC(=O)c1cccc(N2CCN(C)CC2)c1.CC(C)C.CCC.O=CNCc1ccccc1. The fraction of sp³-hybridized carbons (Fsp3) is 0.514. The Kier molecular flexibility index (Phi) is 22.7. The van der Waals surface area contributed by atoms with Crippen LogP contribution in [-0.4, -0.2) is 87.2 Å². The summed E-state index contributed by atoms with van der Waals surface area (Å²) in [5, 5.41) is 10.1. The van der Waals surface area contributed by atoms with E-state index in [1.807, 2.05) is 48.5 Å². The second-order valence-electron chi connectivity index (χ2n) is 11.7. The molecule has 1 saturated heterocycles. The zero-order valence-corrected chi connectivity index (χ0v) is 29.0. The molecule has 2 aromatic carbocycles. The zero-order chi connectivity index (χ0) is 34.9. The molecule has 1 atom stereocenters. The third kappa shape index (κ3) is 20.7. The number of hydrogen-bond acceptors (Lipinski definition) is 7. The third-order valence-corrected chi connectivity index (χ3v) is 5.90. The summed E-state index contributed by atoms with van der Waals surface area (Å²) in [4.78, 5) is 61.4. The van der Waals surface area contributed by atoms with Crippen LogP contribution < -0.4 is 26.2 Å². The Balaban J connectivity index is 0.000000972. The van der Waals surface area contributed by atoms with Crippen LogP contribution in [0.5, 0.6) is 0 Å². The van der Waals surface area contributed by atoms with Gasteiger partial charge in [-0.25, -0.2) is 0 Å². The van der Waals surface area contributed by atoms with Crippen molar-refractivity contribution in [3.8, 4) is 0 Å². The van der Waals surface area contributed by atoms with Gasteiger partial charge in [-0.05, 0) is 50.6 Å². The summed E-state index contributed by atoms with van der Waals surface area (Å²) in [6.45, 7) is 17.6. The summed E-state index contributed by atoms with van der Waals surface area (Å²) in [6, 6.07) is 16.3. The number of piperazine rings is 1. The largest absolute Gasteiger partial charge is 0.369 e. The van der Waals surface area contributed by atoms with Gasteiger partial charge in [0.05, 0.1) is 13.1 Å². The predicted molar refractivity (Wildman–Crippen MR) is 186 cm³/mol. The van der Waals surface area contributed by atoms with Crippen molar-refractivity contribution in [1.82, 2.24) is 26.2 Å². The summed E-state index contributed by atoms with van der Waals surface area (Å²) in [5.41, 5.74) is 2.57. The second kappa shape index (κ2) is 25.0. The molecule has 0 radical (unpaired) electrons. The number of anilines is 1. The van der Waals surface area contributed by atoms with E-state index in [4.69, 9.17) is 0 Å². The molecular weight excluding hydrogens is 584 g/mol. The molecule has 0 unspecified atom stereocenters. The highest BCUT2D eigenvalue weighted by Crippen LogP contribution is 2.18. The first-order chi connectivity index (χ1) is 21.8. The molecule has 0 aliphatic carbocycles. The predicted octanol–water partition coefficient (Wildman–Crippen LogP) is 3.39. The van der Waals surface area contributed by atoms with Crippen molar-refractivity contribution in [3.05, 3.63) is 65.7 Å². The number of nitrogens with one attached hydrogen (secondary N) is 4. The molecule has 4 amide bonds. The molecule has 3 rings (SSSR count). The normalized spacial score (nSPS) is 12.8. The molecule has 11 nitrogen and oxygen atoms in total. The number of hydrogen-bond donors (Lipinski definition) is 4. The van der Waals surface area contributed by atoms with Crippen LogP contribution in [0.1, 0.15) is 70.8 Å². The van der Waals surface area contributed by atoms with E-state index in [1.54, 1.807) is 6.07 Å². The van der Waals surface area contributed by atoms with E-state index in [0.717, 1.165) is 43.3 Å². The standard InChI is InChI=1S/C20H29N5O4.C8H9NO.C4H10.C3H8/c1-14(26)12-21-19(28)15(2)23-18(27)13-22-20(29)16-5-4-6-17(11-16)25-9-7-24(3)8-10-25;10-7-9-6-8-4-2-1-3-5-8;1-4(2)3;1-3-2/h4-6,11,15H,7-10,12-13H2,1-3H3,(H,21,28)(H,22,29)(H,23,27);1-5,7H,6H2,(H,9,10);4H,1-3H3;3H2,1-2H3/t15-;;;/m0.../s1. The van der Waals surface area contributed by atoms with Gasteiger partial charge in [-0.1, -0.05) is 77.4 Å². The van der Waals surface area contributed by atoms with Gasteiger partial charge in [-0.2, -0.15) is 0 Å². The number of likely N-dealkylation sites (N-methyl/N-ethyl adjacent to an activating group) is 1. The van der Waals surface area contributed by atoms with Crippen LogP contribution in [0.25, 0.3) is 0 Å². The van der Waals surface area contributed by atoms with E-state index < -0.39 is 17.9 Å². The van der Waals surface area contributed by atoms with Crippen molar-refractivity contribution in [2.75, 3.05) is 51.2 Å². The smallest absolute Gasteiger partial charge is 0.251 e. The number of Topliss-reactive ketones (excluding diaryl/α,β-unsaturated/α-hetero) is 1. The van der Waals surface area contributed by atoms with Crippen LogP contribution in [0.15, 0.2) is 54.6 Å². The summed E-state index contributed by atoms with van der Waals surface area (Å²) in [5.74, 6) is -0.647. The average Bonchev–Trinajstić information content (AvgIpc) is 3.02. The number of nitrogens with zero attached hydrogens (tertiary/aromatic N) is 2. The highest BCUT2D eigenvalue weighted by atomic mass is 16.2. The zero-order valence-electron chi connectivity index (χ0n) is 29.0. The molecule has 1 aliphatic heterocycles. The molecule has 0 aromatic heterocycles. The average molecular weight is 641 g/mol. The van der Waals surface area contributed by atoms with Crippen molar-refractivity contribution in [1.29, 1.82) is 0 Å². The van der Waals surface area contributed by atoms with Crippen LogP contribution in [0.4, 0.5) is 5.69 Å². The first kappa shape index (κ1) is 41.8. The summed E-state index contributed by atoms with van der Waals surface area (Å²) in [7, 11) is 2.08. The molecule has 0 spiro atoms. The number of carbonyl (C=O) groups excluding carboxylic acids is 5. The number of ketones is 1.